The zero-order valence-corrected chi connectivity index (χ0v) is 11.0. The molecule has 0 radical (unpaired) electrons. The minimum absolute atomic E-state index is 0.0283. The van der Waals surface area contributed by atoms with Crippen LogP contribution in [-0.2, 0) is 10.0 Å². The van der Waals surface area contributed by atoms with Crippen molar-refractivity contribution in [2.75, 3.05) is 10.5 Å². The number of nitrogens with zero attached hydrogens (tertiary/aromatic N) is 2. The third kappa shape index (κ3) is 2.68. The standard InChI is InChI=1S/C8H6ClFN4O2S2/c9-5-3-4(10)1-2-6(5)14-18(15,16)8-13-12-7(11)17-8/h1-3,14H,(H2,11,12). The minimum atomic E-state index is -3.92. The van der Waals surface area contributed by atoms with Crippen LogP contribution in [0.4, 0.5) is 15.2 Å². The molecule has 1 aromatic heterocycles. The summed E-state index contributed by atoms with van der Waals surface area (Å²) in [6.07, 6.45) is 0. The van der Waals surface area contributed by atoms with Crippen molar-refractivity contribution in [3.05, 3.63) is 29.0 Å². The second-order valence-corrected chi connectivity index (χ2v) is 6.41. The van der Waals surface area contributed by atoms with Crippen LogP contribution in [0.5, 0.6) is 0 Å². The van der Waals surface area contributed by atoms with E-state index in [1.807, 2.05) is 0 Å². The van der Waals surface area contributed by atoms with Crippen LogP contribution in [0, 0.1) is 5.82 Å². The predicted molar refractivity (Wildman–Crippen MR) is 66.5 cm³/mol. The topological polar surface area (TPSA) is 98.0 Å². The van der Waals surface area contributed by atoms with Crippen molar-refractivity contribution in [3.63, 3.8) is 0 Å². The van der Waals surface area contributed by atoms with Crippen LogP contribution < -0.4 is 10.5 Å². The van der Waals surface area contributed by atoms with Crippen LogP contribution in [-0.4, -0.2) is 18.6 Å². The molecule has 1 heterocycles. The van der Waals surface area contributed by atoms with E-state index >= 15 is 0 Å². The summed E-state index contributed by atoms with van der Waals surface area (Å²) in [6, 6.07) is 3.28. The molecule has 1 aromatic carbocycles. The van der Waals surface area contributed by atoms with E-state index in [1.54, 1.807) is 0 Å². The van der Waals surface area contributed by atoms with Crippen molar-refractivity contribution < 1.29 is 12.8 Å². The van der Waals surface area contributed by atoms with Crippen molar-refractivity contribution in [2.24, 2.45) is 0 Å². The third-order valence-corrected chi connectivity index (χ3v) is 4.63. The first-order valence-electron chi connectivity index (χ1n) is 4.45. The number of nitrogen functional groups attached to an aromatic ring is 1. The Balaban J connectivity index is 2.33. The zero-order valence-electron chi connectivity index (χ0n) is 8.59. The Kier molecular flexibility index (Phi) is 3.37. The van der Waals surface area contributed by atoms with E-state index in [4.69, 9.17) is 17.3 Å². The quantitative estimate of drug-likeness (QED) is 0.899. The van der Waals surface area contributed by atoms with Crippen LogP contribution in [0.2, 0.25) is 5.02 Å². The highest BCUT2D eigenvalue weighted by Crippen LogP contribution is 2.26. The molecule has 3 N–H and O–H groups in total. The average Bonchev–Trinajstić information content (AvgIpc) is 2.70. The summed E-state index contributed by atoms with van der Waals surface area (Å²) in [7, 11) is -3.92. The molecule has 0 atom stereocenters. The van der Waals surface area contributed by atoms with E-state index in [9.17, 15) is 12.8 Å². The van der Waals surface area contributed by atoms with Gasteiger partial charge in [0.15, 0.2) is 0 Å². The normalized spacial score (nSPS) is 11.4. The van der Waals surface area contributed by atoms with E-state index in [1.165, 1.54) is 6.07 Å². The van der Waals surface area contributed by atoms with Crippen molar-refractivity contribution in [1.29, 1.82) is 0 Å². The van der Waals surface area contributed by atoms with Crippen molar-refractivity contribution in [2.45, 2.75) is 4.34 Å². The molecule has 0 aliphatic rings. The summed E-state index contributed by atoms with van der Waals surface area (Å²) in [5, 5.41) is 6.77. The second kappa shape index (κ2) is 4.67. The molecule has 2 rings (SSSR count). The maximum absolute atomic E-state index is 12.8. The maximum Gasteiger partial charge on any atom is 0.291 e. The van der Waals surface area contributed by atoms with Crippen molar-refractivity contribution >= 4 is 43.8 Å². The first-order chi connectivity index (χ1) is 8.38. The molecule has 18 heavy (non-hydrogen) atoms. The molecular weight excluding hydrogens is 303 g/mol. The van der Waals surface area contributed by atoms with Crippen LogP contribution in [0.25, 0.3) is 0 Å². The fraction of sp³-hybridized carbons (Fsp3) is 0. The van der Waals surface area contributed by atoms with Gasteiger partial charge in [0.05, 0.1) is 10.7 Å². The van der Waals surface area contributed by atoms with Gasteiger partial charge >= 0.3 is 0 Å². The molecule has 6 nitrogen and oxygen atoms in total. The van der Waals surface area contributed by atoms with E-state index in [0.717, 1.165) is 12.1 Å². The van der Waals surface area contributed by atoms with Crippen molar-refractivity contribution in [1.82, 2.24) is 10.2 Å². The van der Waals surface area contributed by atoms with Crippen molar-refractivity contribution in [3.8, 4) is 0 Å². The minimum Gasteiger partial charge on any atom is -0.374 e. The highest BCUT2D eigenvalue weighted by Gasteiger charge is 2.20. The number of sulfonamides is 1. The van der Waals surface area contributed by atoms with Crippen LogP contribution in [0.15, 0.2) is 22.5 Å². The summed E-state index contributed by atoms with van der Waals surface area (Å²) >= 11 is 6.41. The molecule has 0 aliphatic carbocycles. The Morgan fingerprint density at radius 3 is 2.67 bits per heavy atom. The van der Waals surface area contributed by atoms with Gasteiger partial charge in [-0.05, 0) is 18.2 Å². The van der Waals surface area contributed by atoms with Gasteiger partial charge in [-0.3, -0.25) is 4.72 Å². The first-order valence-corrected chi connectivity index (χ1v) is 7.13. The number of nitrogens with two attached hydrogens (primary N) is 1. The van der Waals surface area contributed by atoms with Crippen LogP contribution in [0.3, 0.4) is 0 Å². The van der Waals surface area contributed by atoms with Gasteiger partial charge in [0.25, 0.3) is 14.4 Å². The maximum atomic E-state index is 12.8. The van der Waals surface area contributed by atoms with Gasteiger partial charge in [-0.25, -0.2) is 4.39 Å². The number of hydrogen-bond donors (Lipinski definition) is 2. The summed E-state index contributed by atoms with van der Waals surface area (Å²) in [6.45, 7) is 0. The van der Waals surface area contributed by atoms with Crippen LogP contribution >= 0.6 is 22.9 Å². The molecule has 0 fully saturated rings. The molecule has 10 heteroatoms. The number of rotatable bonds is 3. The monoisotopic (exact) mass is 308 g/mol. The second-order valence-electron chi connectivity index (χ2n) is 3.14. The van der Waals surface area contributed by atoms with Gasteiger partial charge in [0, 0.05) is 0 Å². The molecule has 0 unspecified atom stereocenters. The Morgan fingerprint density at radius 2 is 2.11 bits per heavy atom. The number of nitrogens with one attached hydrogen (secondary N) is 1. The lowest BCUT2D eigenvalue weighted by Crippen LogP contribution is -2.13. The van der Waals surface area contributed by atoms with Gasteiger partial charge in [0.1, 0.15) is 5.82 Å². The largest absolute Gasteiger partial charge is 0.374 e. The molecule has 0 amide bonds. The molecule has 0 bridgehead atoms. The van der Waals surface area contributed by atoms with E-state index < -0.39 is 15.8 Å². The van der Waals surface area contributed by atoms with E-state index in [-0.39, 0.29) is 20.2 Å². The molecule has 0 spiro atoms. The Labute approximate surface area is 111 Å². The van der Waals surface area contributed by atoms with Crippen LogP contribution in [0.1, 0.15) is 0 Å². The average molecular weight is 309 g/mol. The Hall–Kier alpha value is -1.45. The highest BCUT2D eigenvalue weighted by molar-refractivity contribution is 7.94. The van der Waals surface area contributed by atoms with Gasteiger partial charge in [0.2, 0.25) is 5.13 Å². The number of aromatic nitrogens is 2. The number of anilines is 2. The fourth-order valence-corrected chi connectivity index (χ4v) is 3.23. The van der Waals surface area contributed by atoms with Gasteiger partial charge in [-0.1, -0.05) is 22.9 Å². The SMILES string of the molecule is Nc1nnc(S(=O)(=O)Nc2ccc(F)cc2Cl)s1. The fourth-order valence-electron chi connectivity index (χ4n) is 1.09. The van der Waals surface area contributed by atoms with Gasteiger partial charge in [-0.15, -0.1) is 10.2 Å². The van der Waals surface area contributed by atoms with E-state index in [0.29, 0.717) is 11.3 Å². The van der Waals surface area contributed by atoms with Gasteiger partial charge < -0.3 is 5.73 Å². The first kappa shape index (κ1) is 13.0. The molecule has 0 saturated carbocycles. The Morgan fingerprint density at radius 1 is 1.39 bits per heavy atom. The van der Waals surface area contributed by atoms with E-state index in [2.05, 4.69) is 14.9 Å². The zero-order chi connectivity index (χ0) is 13.3. The molecule has 2 aromatic rings. The predicted octanol–water partition coefficient (Wildman–Crippen LogP) is 1.71. The third-order valence-electron chi connectivity index (χ3n) is 1.83. The molecule has 0 aliphatic heterocycles. The number of benzene rings is 1. The molecule has 96 valence electrons. The highest BCUT2D eigenvalue weighted by atomic mass is 35.5. The lowest BCUT2D eigenvalue weighted by Gasteiger charge is -2.06. The number of halogens is 2. The summed E-state index contributed by atoms with van der Waals surface area (Å²) in [5.41, 5.74) is 5.34. The lowest BCUT2D eigenvalue weighted by molar-refractivity contribution is 0.599. The summed E-state index contributed by atoms with van der Waals surface area (Å²) in [5.74, 6) is -0.567. The molecular formula is C8H6ClFN4O2S2. The summed E-state index contributed by atoms with van der Waals surface area (Å²) < 4.78 is 38.4. The van der Waals surface area contributed by atoms with Gasteiger partial charge in [-0.2, -0.15) is 8.42 Å². The smallest absolute Gasteiger partial charge is 0.291 e. The lowest BCUT2D eigenvalue weighted by atomic mass is 10.3. The summed E-state index contributed by atoms with van der Waals surface area (Å²) in [4.78, 5) is 0. The molecule has 0 saturated heterocycles. The number of hydrogen-bond acceptors (Lipinski definition) is 6. The Bertz CT molecular complexity index is 688.